The summed E-state index contributed by atoms with van der Waals surface area (Å²) in [6.45, 7) is 3.51. The van der Waals surface area contributed by atoms with Gasteiger partial charge in [-0.2, -0.15) is 0 Å². The number of nitrogen functional groups attached to an aromatic ring is 1. The van der Waals surface area contributed by atoms with Crippen LogP contribution in [-0.4, -0.2) is 28.2 Å². The van der Waals surface area contributed by atoms with Gasteiger partial charge in [0, 0.05) is 18.8 Å². The Morgan fingerprint density at radius 2 is 2.28 bits per heavy atom. The highest BCUT2D eigenvalue weighted by molar-refractivity contribution is 7.89. The van der Waals surface area contributed by atoms with Crippen molar-refractivity contribution in [2.75, 3.05) is 25.5 Å². The molecular weight excluding hydrogens is 252 g/mol. The van der Waals surface area contributed by atoms with Crippen molar-refractivity contribution in [3.05, 3.63) is 23.8 Å². The Kier molecular flexibility index (Phi) is 3.89. The van der Waals surface area contributed by atoms with E-state index in [2.05, 4.69) is 4.72 Å². The quantitative estimate of drug-likeness (QED) is 0.796. The molecule has 0 saturated carbocycles. The zero-order chi connectivity index (χ0) is 13.2. The highest BCUT2D eigenvalue weighted by Crippen LogP contribution is 2.18. The molecule has 1 aliphatic rings. The van der Waals surface area contributed by atoms with Crippen LogP contribution in [0.15, 0.2) is 23.1 Å². The Bertz CT molecular complexity index is 522. The molecule has 0 amide bonds. The Labute approximate surface area is 107 Å². The van der Waals surface area contributed by atoms with E-state index < -0.39 is 10.0 Å². The maximum absolute atomic E-state index is 12.1. The number of sulfonamides is 1. The Morgan fingerprint density at radius 1 is 1.50 bits per heavy atom. The van der Waals surface area contributed by atoms with Gasteiger partial charge < -0.3 is 10.5 Å². The van der Waals surface area contributed by atoms with Crippen LogP contribution in [-0.2, 0) is 14.8 Å². The van der Waals surface area contributed by atoms with Gasteiger partial charge in [0.2, 0.25) is 10.0 Å². The lowest BCUT2D eigenvalue weighted by atomic mass is 10.1. The molecule has 3 N–H and O–H groups in total. The maximum atomic E-state index is 12.1. The fourth-order valence-corrected chi connectivity index (χ4v) is 3.36. The summed E-state index contributed by atoms with van der Waals surface area (Å²) < 4.78 is 32.1. The summed E-state index contributed by atoms with van der Waals surface area (Å²) in [5.74, 6) is 0.272. The van der Waals surface area contributed by atoms with Crippen molar-refractivity contribution < 1.29 is 13.2 Å². The van der Waals surface area contributed by atoms with E-state index in [9.17, 15) is 8.42 Å². The highest BCUT2D eigenvalue weighted by Gasteiger charge is 2.21. The number of anilines is 1. The van der Waals surface area contributed by atoms with Crippen LogP contribution in [0.3, 0.4) is 0 Å². The minimum Gasteiger partial charge on any atom is -0.399 e. The zero-order valence-electron chi connectivity index (χ0n) is 10.3. The standard InChI is InChI=1S/C12H18N2O3S/c1-9-6-11(13)2-3-12(9)18(15,16)14-7-10-4-5-17-8-10/h2-3,6,10,14H,4-5,7-8,13H2,1H3. The first kappa shape index (κ1) is 13.3. The van der Waals surface area contributed by atoms with E-state index >= 15 is 0 Å². The summed E-state index contributed by atoms with van der Waals surface area (Å²) in [6, 6.07) is 4.80. The van der Waals surface area contributed by atoms with Gasteiger partial charge in [0.25, 0.3) is 0 Å². The molecule has 0 aliphatic carbocycles. The molecule has 1 aromatic carbocycles. The summed E-state index contributed by atoms with van der Waals surface area (Å²) in [5.41, 5.74) is 6.84. The van der Waals surface area contributed by atoms with Crippen molar-refractivity contribution >= 4 is 15.7 Å². The average Bonchev–Trinajstić information content (AvgIpc) is 2.78. The summed E-state index contributed by atoms with van der Waals surface area (Å²) in [4.78, 5) is 0.288. The number of hydrogen-bond acceptors (Lipinski definition) is 4. The van der Waals surface area contributed by atoms with Gasteiger partial charge in [-0.3, -0.25) is 0 Å². The lowest BCUT2D eigenvalue weighted by molar-refractivity contribution is 0.186. The third kappa shape index (κ3) is 3.01. The molecule has 0 spiro atoms. The Hall–Kier alpha value is -1.11. The second-order valence-electron chi connectivity index (χ2n) is 4.61. The van der Waals surface area contributed by atoms with Gasteiger partial charge in [0.15, 0.2) is 0 Å². The first-order valence-electron chi connectivity index (χ1n) is 5.92. The van der Waals surface area contributed by atoms with Crippen molar-refractivity contribution in [1.29, 1.82) is 0 Å². The minimum atomic E-state index is -3.46. The van der Waals surface area contributed by atoms with Gasteiger partial charge >= 0.3 is 0 Å². The van der Waals surface area contributed by atoms with Crippen LogP contribution in [0, 0.1) is 12.8 Å². The van der Waals surface area contributed by atoms with Crippen LogP contribution >= 0.6 is 0 Å². The summed E-state index contributed by atoms with van der Waals surface area (Å²) >= 11 is 0. The number of ether oxygens (including phenoxy) is 1. The maximum Gasteiger partial charge on any atom is 0.240 e. The van der Waals surface area contributed by atoms with Crippen LogP contribution < -0.4 is 10.5 Å². The summed E-state index contributed by atoms with van der Waals surface area (Å²) in [5, 5.41) is 0. The van der Waals surface area contributed by atoms with Crippen LogP contribution in [0.1, 0.15) is 12.0 Å². The first-order chi connectivity index (χ1) is 8.49. The Balaban J connectivity index is 2.09. The molecule has 1 saturated heterocycles. The number of nitrogens with one attached hydrogen (secondary N) is 1. The fraction of sp³-hybridized carbons (Fsp3) is 0.500. The predicted octanol–water partition coefficient (Wildman–Crippen LogP) is 0.892. The first-order valence-corrected chi connectivity index (χ1v) is 7.41. The number of rotatable bonds is 4. The van der Waals surface area contributed by atoms with E-state index in [1.807, 2.05) is 0 Å². The Morgan fingerprint density at radius 3 is 2.89 bits per heavy atom. The molecule has 1 aromatic rings. The second kappa shape index (κ2) is 5.26. The van der Waals surface area contributed by atoms with Crippen molar-refractivity contribution in [1.82, 2.24) is 4.72 Å². The van der Waals surface area contributed by atoms with Crippen molar-refractivity contribution in [2.45, 2.75) is 18.2 Å². The van der Waals surface area contributed by atoms with E-state index in [1.54, 1.807) is 19.1 Å². The molecular formula is C12H18N2O3S. The van der Waals surface area contributed by atoms with Gasteiger partial charge in [0.05, 0.1) is 11.5 Å². The molecule has 1 heterocycles. The number of hydrogen-bond donors (Lipinski definition) is 2. The smallest absolute Gasteiger partial charge is 0.240 e. The molecule has 6 heteroatoms. The molecule has 0 radical (unpaired) electrons. The number of nitrogens with two attached hydrogens (primary N) is 1. The van der Waals surface area contributed by atoms with Gasteiger partial charge in [0.1, 0.15) is 0 Å². The molecule has 1 fully saturated rings. The van der Waals surface area contributed by atoms with Gasteiger partial charge in [-0.1, -0.05) is 0 Å². The normalized spacial score (nSPS) is 20.2. The molecule has 100 valence electrons. The molecule has 1 atom stereocenters. The summed E-state index contributed by atoms with van der Waals surface area (Å²) in [7, 11) is -3.46. The molecule has 2 rings (SSSR count). The van der Waals surface area contributed by atoms with Gasteiger partial charge in [-0.05, 0) is 43.0 Å². The largest absolute Gasteiger partial charge is 0.399 e. The van der Waals surface area contributed by atoms with E-state index in [0.717, 1.165) is 6.42 Å². The predicted molar refractivity (Wildman–Crippen MR) is 69.7 cm³/mol. The third-order valence-corrected chi connectivity index (χ3v) is 4.66. The van der Waals surface area contributed by atoms with Crippen molar-refractivity contribution in [3.63, 3.8) is 0 Å². The van der Waals surface area contributed by atoms with E-state index in [1.165, 1.54) is 6.07 Å². The number of benzene rings is 1. The van der Waals surface area contributed by atoms with Crippen molar-refractivity contribution in [2.24, 2.45) is 5.92 Å². The van der Waals surface area contributed by atoms with Crippen LogP contribution in [0.4, 0.5) is 5.69 Å². The average molecular weight is 270 g/mol. The lowest BCUT2D eigenvalue weighted by Gasteiger charge is -2.12. The van der Waals surface area contributed by atoms with E-state index in [-0.39, 0.29) is 10.8 Å². The minimum absolute atomic E-state index is 0.272. The fourth-order valence-electron chi connectivity index (χ4n) is 2.02. The lowest BCUT2D eigenvalue weighted by Crippen LogP contribution is -2.30. The molecule has 18 heavy (non-hydrogen) atoms. The van der Waals surface area contributed by atoms with Crippen molar-refractivity contribution in [3.8, 4) is 0 Å². The zero-order valence-corrected chi connectivity index (χ0v) is 11.2. The van der Waals surface area contributed by atoms with Gasteiger partial charge in [-0.25, -0.2) is 13.1 Å². The van der Waals surface area contributed by atoms with Gasteiger partial charge in [-0.15, -0.1) is 0 Å². The molecule has 5 nitrogen and oxygen atoms in total. The SMILES string of the molecule is Cc1cc(N)ccc1S(=O)(=O)NCC1CCOC1. The molecule has 1 aliphatic heterocycles. The molecule has 0 aromatic heterocycles. The molecule has 1 unspecified atom stereocenters. The second-order valence-corrected chi connectivity index (χ2v) is 6.34. The van der Waals surface area contributed by atoms with E-state index in [0.29, 0.717) is 31.0 Å². The topological polar surface area (TPSA) is 81.4 Å². The number of aryl methyl sites for hydroxylation is 1. The van der Waals surface area contributed by atoms with Crippen LogP contribution in [0.5, 0.6) is 0 Å². The van der Waals surface area contributed by atoms with E-state index in [4.69, 9.17) is 10.5 Å². The van der Waals surface area contributed by atoms with Crippen LogP contribution in [0.2, 0.25) is 0 Å². The highest BCUT2D eigenvalue weighted by atomic mass is 32.2. The third-order valence-electron chi connectivity index (χ3n) is 3.07. The molecule has 0 bridgehead atoms. The monoisotopic (exact) mass is 270 g/mol. The van der Waals surface area contributed by atoms with Crippen LogP contribution in [0.25, 0.3) is 0 Å². The summed E-state index contributed by atoms with van der Waals surface area (Å²) in [6.07, 6.45) is 0.906.